The Morgan fingerprint density at radius 1 is 0.762 bits per heavy atom. The predicted octanol–water partition coefficient (Wildman–Crippen LogP) is 4.49. The molecule has 0 aromatic heterocycles. The lowest BCUT2D eigenvalue weighted by atomic mass is 10.1. The van der Waals surface area contributed by atoms with Gasteiger partial charge in [0.05, 0.1) is 21.3 Å². The highest BCUT2D eigenvalue weighted by atomic mass is 127. The summed E-state index contributed by atoms with van der Waals surface area (Å²) in [5, 5.41) is 0. The molecule has 0 aliphatic rings. The Balaban J connectivity index is 2.33. The van der Waals surface area contributed by atoms with Crippen molar-refractivity contribution in [3.05, 3.63) is 51.1 Å². The predicted molar refractivity (Wildman–Crippen MR) is 94.2 cm³/mol. The molecule has 0 radical (unpaired) electrons. The molecule has 4 heteroatoms. The van der Waals surface area contributed by atoms with E-state index in [-0.39, 0.29) is 0 Å². The largest absolute Gasteiger partial charge is 0.493 e. The molecule has 0 unspecified atom stereocenters. The molecular formula is C17H17IO3. The number of hydrogen-bond donors (Lipinski definition) is 0. The zero-order valence-electron chi connectivity index (χ0n) is 12.2. The molecule has 0 aliphatic carbocycles. The zero-order chi connectivity index (χ0) is 15.2. The molecule has 2 aromatic rings. The van der Waals surface area contributed by atoms with Crippen LogP contribution in [0.4, 0.5) is 0 Å². The monoisotopic (exact) mass is 396 g/mol. The van der Waals surface area contributed by atoms with E-state index < -0.39 is 0 Å². The van der Waals surface area contributed by atoms with E-state index in [1.165, 1.54) is 3.57 Å². The topological polar surface area (TPSA) is 27.7 Å². The fourth-order valence-electron chi connectivity index (χ4n) is 1.96. The first-order valence-electron chi connectivity index (χ1n) is 6.41. The average molecular weight is 396 g/mol. The maximum Gasteiger partial charge on any atom is 0.203 e. The van der Waals surface area contributed by atoms with Crippen molar-refractivity contribution in [2.45, 2.75) is 0 Å². The third kappa shape index (κ3) is 3.91. The summed E-state index contributed by atoms with van der Waals surface area (Å²) in [7, 11) is 4.83. The van der Waals surface area contributed by atoms with Crippen molar-refractivity contribution in [3.8, 4) is 17.2 Å². The molecule has 0 spiro atoms. The smallest absolute Gasteiger partial charge is 0.203 e. The summed E-state index contributed by atoms with van der Waals surface area (Å²) >= 11 is 2.29. The molecule has 0 saturated carbocycles. The Kier molecular flexibility index (Phi) is 5.50. The molecule has 0 fully saturated rings. The minimum absolute atomic E-state index is 0.603. The molecule has 0 bridgehead atoms. The van der Waals surface area contributed by atoms with Gasteiger partial charge in [-0.15, -0.1) is 0 Å². The third-order valence-corrected chi connectivity index (χ3v) is 3.74. The van der Waals surface area contributed by atoms with Crippen LogP contribution < -0.4 is 14.2 Å². The number of ether oxygens (including phenoxy) is 3. The van der Waals surface area contributed by atoms with Gasteiger partial charge in [-0.05, 0) is 58.0 Å². The van der Waals surface area contributed by atoms with E-state index in [1.54, 1.807) is 21.3 Å². The van der Waals surface area contributed by atoms with Crippen LogP contribution in [0.15, 0.2) is 36.4 Å². The normalized spacial score (nSPS) is 10.7. The third-order valence-electron chi connectivity index (χ3n) is 3.03. The number of halogens is 1. The van der Waals surface area contributed by atoms with E-state index in [4.69, 9.17) is 14.2 Å². The van der Waals surface area contributed by atoms with E-state index in [1.807, 2.05) is 18.2 Å². The Morgan fingerprint density at radius 3 is 1.76 bits per heavy atom. The van der Waals surface area contributed by atoms with E-state index in [2.05, 4.69) is 52.9 Å². The Hall–Kier alpha value is -1.69. The summed E-state index contributed by atoms with van der Waals surface area (Å²) < 4.78 is 17.2. The lowest BCUT2D eigenvalue weighted by molar-refractivity contribution is 0.324. The van der Waals surface area contributed by atoms with Gasteiger partial charge in [0.15, 0.2) is 11.5 Å². The summed E-state index contributed by atoms with van der Waals surface area (Å²) in [6, 6.07) is 12.2. The van der Waals surface area contributed by atoms with Crippen molar-refractivity contribution in [2.24, 2.45) is 0 Å². The molecule has 0 N–H and O–H groups in total. The minimum Gasteiger partial charge on any atom is -0.493 e. The first kappa shape index (κ1) is 15.7. The highest BCUT2D eigenvalue weighted by Gasteiger charge is 2.11. The summed E-state index contributed by atoms with van der Waals surface area (Å²) in [5.41, 5.74) is 2.13. The van der Waals surface area contributed by atoms with Crippen molar-refractivity contribution < 1.29 is 14.2 Å². The maximum absolute atomic E-state index is 5.35. The molecule has 3 nitrogen and oxygen atoms in total. The lowest BCUT2D eigenvalue weighted by Crippen LogP contribution is -1.95. The van der Waals surface area contributed by atoms with Gasteiger partial charge in [-0.25, -0.2) is 0 Å². The van der Waals surface area contributed by atoms with E-state index >= 15 is 0 Å². The molecule has 0 amide bonds. The molecule has 2 rings (SSSR count). The Morgan fingerprint density at radius 2 is 1.29 bits per heavy atom. The summed E-state index contributed by atoms with van der Waals surface area (Å²) in [6.07, 6.45) is 4.07. The molecule has 0 heterocycles. The van der Waals surface area contributed by atoms with Crippen LogP contribution in [0.25, 0.3) is 12.2 Å². The van der Waals surface area contributed by atoms with Gasteiger partial charge in [0.1, 0.15) is 0 Å². The average Bonchev–Trinajstić information content (AvgIpc) is 2.53. The number of hydrogen-bond acceptors (Lipinski definition) is 3. The van der Waals surface area contributed by atoms with E-state index in [9.17, 15) is 0 Å². The number of benzene rings is 2. The van der Waals surface area contributed by atoms with Crippen LogP contribution in [0.5, 0.6) is 17.2 Å². The van der Waals surface area contributed by atoms with Gasteiger partial charge in [-0.2, -0.15) is 0 Å². The van der Waals surface area contributed by atoms with Crippen molar-refractivity contribution >= 4 is 34.7 Å². The van der Waals surface area contributed by atoms with E-state index in [0.29, 0.717) is 17.2 Å². The van der Waals surface area contributed by atoms with Gasteiger partial charge >= 0.3 is 0 Å². The Bertz CT molecular complexity index is 608. The van der Waals surface area contributed by atoms with Crippen molar-refractivity contribution in [1.29, 1.82) is 0 Å². The maximum atomic E-state index is 5.35. The fraction of sp³-hybridized carbons (Fsp3) is 0.176. The SMILES string of the molecule is COc1cc(/C=C/c2ccc(I)cc2)cc(OC)c1OC. The second kappa shape index (κ2) is 7.36. The molecule has 0 atom stereocenters. The second-order valence-corrected chi connectivity index (χ2v) is 5.59. The van der Waals surface area contributed by atoms with Gasteiger partial charge < -0.3 is 14.2 Å². The van der Waals surface area contributed by atoms with Gasteiger partial charge in [0, 0.05) is 3.57 Å². The first-order chi connectivity index (χ1) is 10.2. The standard InChI is InChI=1S/C17H17IO3/c1-19-15-10-13(11-16(20-2)17(15)21-3)5-4-12-6-8-14(18)9-7-12/h4-11H,1-3H3/b5-4+. The number of rotatable bonds is 5. The number of methoxy groups -OCH3 is 3. The molecule has 0 aliphatic heterocycles. The van der Waals surface area contributed by atoms with Crippen molar-refractivity contribution in [3.63, 3.8) is 0 Å². The molecule has 21 heavy (non-hydrogen) atoms. The van der Waals surface area contributed by atoms with Gasteiger partial charge in [0.25, 0.3) is 0 Å². The van der Waals surface area contributed by atoms with Gasteiger partial charge in [0.2, 0.25) is 5.75 Å². The van der Waals surface area contributed by atoms with E-state index in [0.717, 1.165) is 11.1 Å². The summed E-state index contributed by atoms with van der Waals surface area (Å²) in [4.78, 5) is 0. The highest BCUT2D eigenvalue weighted by Crippen LogP contribution is 2.38. The second-order valence-electron chi connectivity index (χ2n) is 4.34. The van der Waals surface area contributed by atoms with Gasteiger partial charge in [-0.3, -0.25) is 0 Å². The molecule has 0 saturated heterocycles. The van der Waals surface area contributed by atoms with Crippen molar-refractivity contribution in [2.75, 3.05) is 21.3 Å². The quantitative estimate of drug-likeness (QED) is 0.551. The summed E-state index contributed by atoms with van der Waals surface area (Å²) in [5.74, 6) is 1.91. The molecule has 110 valence electrons. The molecular weight excluding hydrogens is 379 g/mol. The van der Waals surface area contributed by atoms with Crippen LogP contribution in [-0.4, -0.2) is 21.3 Å². The van der Waals surface area contributed by atoms with Crippen molar-refractivity contribution in [1.82, 2.24) is 0 Å². The minimum atomic E-state index is 0.603. The fourth-order valence-corrected chi connectivity index (χ4v) is 2.32. The Labute approximate surface area is 138 Å². The highest BCUT2D eigenvalue weighted by molar-refractivity contribution is 14.1. The van der Waals surface area contributed by atoms with Crippen LogP contribution in [0.3, 0.4) is 0 Å². The van der Waals surface area contributed by atoms with Crippen LogP contribution in [-0.2, 0) is 0 Å². The van der Waals surface area contributed by atoms with Crippen LogP contribution >= 0.6 is 22.6 Å². The van der Waals surface area contributed by atoms with Crippen LogP contribution in [0.2, 0.25) is 0 Å². The summed E-state index contributed by atoms with van der Waals surface area (Å²) in [6.45, 7) is 0. The van der Waals surface area contributed by atoms with Crippen LogP contribution in [0, 0.1) is 3.57 Å². The first-order valence-corrected chi connectivity index (χ1v) is 7.49. The van der Waals surface area contributed by atoms with Crippen LogP contribution in [0.1, 0.15) is 11.1 Å². The molecule has 2 aromatic carbocycles. The lowest BCUT2D eigenvalue weighted by Gasteiger charge is -2.12. The van der Waals surface area contributed by atoms with Gasteiger partial charge in [-0.1, -0.05) is 24.3 Å². The zero-order valence-corrected chi connectivity index (χ0v) is 14.4.